The second-order valence-corrected chi connectivity index (χ2v) is 8.17. The van der Waals surface area contributed by atoms with Crippen LogP contribution >= 0.6 is 0 Å². The Labute approximate surface area is 173 Å². The molecule has 30 heavy (non-hydrogen) atoms. The van der Waals surface area contributed by atoms with Crippen LogP contribution in [-0.4, -0.2) is 35.1 Å². The van der Waals surface area contributed by atoms with Crippen LogP contribution < -0.4 is 10.6 Å². The van der Waals surface area contributed by atoms with Crippen molar-refractivity contribution in [2.24, 2.45) is 0 Å². The van der Waals surface area contributed by atoms with Crippen molar-refractivity contribution in [3.63, 3.8) is 0 Å². The predicted molar refractivity (Wildman–Crippen MR) is 109 cm³/mol. The van der Waals surface area contributed by atoms with E-state index in [1.807, 2.05) is 24.3 Å². The van der Waals surface area contributed by atoms with Crippen molar-refractivity contribution < 1.29 is 19.2 Å². The molecule has 7 nitrogen and oxygen atoms in total. The van der Waals surface area contributed by atoms with Crippen molar-refractivity contribution in [1.29, 1.82) is 0 Å². The molecule has 2 aliphatic heterocycles. The van der Waals surface area contributed by atoms with Gasteiger partial charge >= 0.3 is 6.03 Å². The number of hydrogen-bond donors (Lipinski definition) is 2. The van der Waals surface area contributed by atoms with Crippen molar-refractivity contribution in [2.45, 2.75) is 37.6 Å². The minimum atomic E-state index is -1.09. The van der Waals surface area contributed by atoms with Gasteiger partial charge in [-0.3, -0.25) is 19.3 Å². The number of fused-ring (bicyclic) bond motifs is 3. The Morgan fingerprint density at radius 1 is 1.17 bits per heavy atom. The van der Waals surface area contributed by atoms with Crippen molar-refractivity contribution in [3.05, 3.63) is 64.7 Å². The molecule has 0 radical (unpaired) electrons. The first-order valence-electron chi connectivity index (χ1n) is 10.1. The highest BCUT2D eigenvalue weighted by molar-refractivity contribution is 6.12. The molecule has 0 saturated carbocycles. The second-order valence-electron chi connectivity index (χ2n) is 8.17. The van der Waals surface area contributed by atoms with Gasteiger partial charge < -0.3 is 10.6 Å². The summed E-state index contributed by atoms with van der Waals surface area (Å²) in [5.74, 6) is -1.17. The standard InChI is InChI=1S/C23H21N3O4/c1-13-16-11-15(8-9-18(16)24-20(13)28)19(27)12-26-21(29)23(25-22(26)30)10-4-6-14-5-2-3-7-17(14)23/h2-3,5,7-9,11,13H,4,6,10,12H2,1H3,(H,24,28)(H,25,30)/t13-,23-/m1/s1. The average molecular weight is 403 g/mol. The first-order valence-corrected chi connectivity index (χ1v) is 10.1. The zero-order valence-electron chi connectivity index (χ0n) is 16.5. The zero-order valence-corrected chi connectivity index (χ0v) is 16.5. The number of anilines is 1. The number of amides is 4. The number of urea groups is 1. The Morgan fingerprint density at radius 3 is 2.80 bits per heavy atom. The second kappa shape index (κ2) is 6.52. The molecule has 4 amide bonds. The number of carbonyl (C=O) groups is 4. The van der Waals surface area contributed by atoms with Gasteiger partial charge in [-0.15, -0.1) is 0 Å². The van der Waals surface area contributed by atoms with Gasteiger partial charge in [-0.1, -0.05) is 24.3 Å². The quantitative estimate of drug-likeness (QED) is 0.608. The highest BCUT2D eigenvalue weighted by Gasteiger charge is 2.54. The number of imide groups is 1. The SMILES string of the molecule is C[C@H]1C(=O)Nc2ccc(C(=O)CN3C(=O)N[C@@]4(CCCc5ccccc54)C3=O)cc21. The molecule has 1 aliphatic carbocycles. The number of aryl methyl sites for hydroxylation is 1. The summed E-state index contributed by atoms with van der Waals surface area (Å²) >= 11 is 0. The topological polar surface area (TPSA) is 95.6 Å². The lowest BCUT2D eigenvalue weighted by molar-refractivity contribution is -0.131. The van der Waals surface area contributed by atoms with Crippen LogP contribution in [0.15, 0.2) is 42.5 Å². The fraction of sp³-hybridized carbons (Fsp3) is 0.304. The van der Waals surface area contributed by atoms with Crippen molar-refractivity contribution in [3.8, 4) is 0 Å². The van der Waals surface area contributed by atoms with E-state index in [0.29, 0.717) is 17.7 Å². The number of rotatable bonds is 3. The smallest absolute Gasteiger partial charge is 0.325 e. The van der Waals surface area contributed by atoms with Gasteiger partial charge in [0.15, 0.2) is 5.78 Å². The highest BCUT2D eigenvalue weighted by Crippen LogP contribution is 2.40. The largest absolute Gasteiger partial charge is 0.325 e. The summed E-state index contributed by atoms with van der Waals surface area (Å²) in [5, 5.41) is 5.64. The van der Waals surface area contributed by atoms with E-state index in [2.05, 4.69) is 10.6 Å². The molecule has 2 aromatic rings. The summed E-state index contributed by atoms with van der Waals surface area (Å²) in [4.78, 5) is 51.8. The fourth-order valence-electron chi connectivity index (χ4n) is 4.78. The number of hydrogen-bond acceptors (Lipinski definition) is 4. The maximum atomic E-state index is 13.3. The Kier molecular flexibility index (Phi) is 4.03. The molecule has 5 rings (SSSR count). The van der Waals surface area contributed by atoms with Gasteiger partial charge in [0, 0.05) is 11.3 Å². The summed E-state index contributed by atoms with van der Waals surface area (Å²) < 4.78 is 0. The van der Waals surface area contributed by atoms with Gasteiger partial charge in [0.1, 0.15) is 5.54 Å². The number of ketones is 1. The molecule has 2 heterocycles. The van der Waals surface area contributed by atoms with E-state index in [0.717, 1.165) is 34.4 Å². The summed E-state index contributed by atoms with van der Waals surface area (Å²) in [5.41, 5.74) is 2.60. The molecule has 0 unspecified atom stereocenters. The molecule has 1 fully saturated rings. The van der Waals surface area contributed by atoms with E-state index in [4.69, 9.17) is 0 Å². The Morgan fingerprint density at radius 2 is 1.97 bits per heavy atom. The first-order chi connectivity index (χ1) is 14.4. The van der Waals surface area contributed by atoms with Crippen molar-refractivity contribution in [2.75, 3.05) is 11.9 Å². The number of benzene rings is 2. The fourth-order valence-corrected chi connectivity index (χ4v) is 4.78. The zero-order chi connectivity index (χ0) is 21.0. The summed E-state index contributed by atoms with van der Waals surface area (Å²) in [6.07, 6.45) is 2.16. The third-order valence-corrected chi connectivity index (χ3v) is 6.44. The number of nitrogens with one attached hydrogen (secondary N) is 2. The molecule has 152 valence electrons. The molecule has 3 aliphatic rings. The molecule has 2 N–H and O–H groups in total. The van der Waals surface area contributed by atoms with Crippen LogP contribution in [-0.2, 0) is 21.5 Å². The van der Waals surface area contributed by atoms with Crippen LogP contribution in [0.25, 0.3) is 0 Å². The lowest BCUT2D eigenvalue weighted by Gasteiger charge is -2.33. The van der Waals surface area contributed by atoms with E-state index in [-0.39, 0.29) is 30.1 Å². The molecule has 1 saturated heterocycles. The number of nitrogens with zero attached hydrogens (tertiary/aromatic N) is 1. The van der Waals surface area contributed by atoms with Crippen LogP contribution in [0.4, 0.5) is 10.5 Å². The Bertz CT molecular complexity index is 1130. The Hall–Kier alpha value is -3.48. The normalized spacial score (nSPS) is 24.5. The monoisotopic (exact) mass is 403 g/mol. The van der Waals surface area contributed by atoms with Gasteiger partial charge in [-0.05, 0) is 61.1 Å². The molecule has 1 spiro atoms. The third kappa shape index (κ3) is 2.58. The van der Waals surface area contributed by atoms with E-state index in [9.17, 15) is 19.2 Å². The number of Topliss-reactive ketones (excluding diaryl/α,β-unsaturated/α-hetero) is 1. The van der Waals surface area contributed by atoms with E-state index in [1.165, 1.54) is 0 Å². The lowest BCUT2D eigenvalue weighted by Crippen LogP contribution is -2.46. The molecule has 2 atom stereocenters. The molecular weight excluding hydrogens is 382 g/mol. The third-order valence-electron chi connectivity index (χ3n) is 6.44. The van der Waals surface area contributed by atoms with Crippen LogP contribution in [0, 0.1) is 0 Å². The van der Waals surface area contributed by atoms with Crippen LogP contribution in [0.1, 0.15) is 52.7 Å². The minimum absolute atomic E-state index is 0.110. The van der Waals surface area contributed by atoms with Gasteiger partial charge in [-0.25, -0.2) is 4.79 Å². The van der Waals surface area contributed by atoms with E-state index < -0.39 is 11.6 Å². The first kappa shape index (κ1) is 18.5. The lowest BCUT2D eigenvalue weighted by atomic mass is 9.76. The van der Waals surface area contributed by atoms with Crippen molar-refractivity contribution >= 4 is 29.3 Å². The van der Waals surface area contributed by atoms with Gasteiger partial charge in [0.25, 0.3) is 5.91 Å². The van der Waals surface area contributed by atoms with Crippen LogP contribution in [0.3, 0.4) is 0 Å². The summed E-state index contributed by atoms with van der Waals surface area (Å²) in [6, 6.07) is 12.1. The van der Waals surface area contributed by atoms with Crippen LogP contribution in [0.5, 0.6) is 0 Å². The molecular formula is C23H21N3O4. The van der Waals surface area contributed by atoms with E-state index in [1.54, 1.807) is 25.1 Å². The highest BCUT2D eigenvalue weighted by atomic mass is 16.2. The van der Waals surface area contributed by atoms with Crippen molar-refractivity contribution in [1.82, 2.24) is 10.2 Å². The van der Waals surface area contributed by atoms with Crippen LogP contribution in [0.2, 0.25) is 0 Å². The number of carbonyl (C=O) groups excluding carboxylic acids is 4. The predicted octanol–water partition coefficient (Wildman–Crippen LogP) is 2.71. The molecule has 7 heteroatoms. The van der Waals surface area contributed by atoms with E-state index >= 15 is 0 Å². The van der Waals surface area contributed by atoms with Gasteiger partial charge in [0.05, 0.1) is 12.5 Å². The molecule has 0 aromatic heterocycles. The molecule has 0 bridgehead atoms. The summed E-state index contributed by atoms with van der Waals surface area (Å²) in [7, 11) is 0. The van der Waals surface area contributed by atoms with Gasteiger partial charge in [0.2, 0.25) is 5.91 Å². The van der Waals surface area contributed by atoms with Gasteiger partial charge in [-0.2, -0.15) is 0 Å². The maximum absolute atomic E-state index is 13.3. The molecule has 2 aromatic carbocycles. The Balaban J connectivity index is 1.42. The summed E-state index contributed by atoms with van der Waals surface area (Å²) in [6.45, 7) is 1.44. The maximum Gasteiger partial charge on any atom is 0.325 e. The minimum Gasteiger partial charge on any atom is -0.325 e. The average Bonchev–Trinajstić information content (AvgIpc) is 3.16.